The molecule has 0 bridgehead atoms. The number of allylic oxidation sites excluding steroid dienone is 2. The van der Waals surface area contributed by atoms with Gasteiger partial charge in [-0.15, -0.1) is 5.10 Å². The van der Waals surface area contributed by atoms with Gasteiger partial charge in [-0.1, -0.05) is 12.1 Å². The summed E-state index contributed by atoms with van der Waals surface area (Å²) >= 11 is 0. The summed E-state index contributed by atoms with van der Waals surface area (Å²) in [5.41, 5.74) is 8.89. The van der Waals surface area contributed by atoms with Crippen LogP contribution in [-0.4, -0.2) is 47.0 Å². The Hall–Kier alpha value is -4.21. The first kappa shape index (κ1) is 21.6. The Labute approximate surface area is 196 Å². The van der Waals surface area contributed by atoms with Crippen molar-refractivity contribution >= 4 is 17.7 Å². The summed E-state index contributed by atoms with van der Waals surface area (Å²) in [6.07, 6.45) is 0.899. The summed E-state index contributed by atoms with van der Waals surface area (Å²) in [6.45, 7) is 0. The van der Waals surface area contributed by atoms with E-state index in [0.717, 1.165) is 11.3 Å². The van der Waals surface area contributed by atoms with Crippen molar-refractivity contribution < 1.29 is 24.1 Å². The number of methoxy groups -OCH3 is 3. The van der Waals surface area contributed by atoms with Gasteiger partial charge < -0.3 is 30.4 Å². The summed E-state index contributed by atoms with van der Waals surface area (Å²) in [4.78, 5) is 17.9. The van der Waals surface area contributed by atoms with Crippen molar-refractivity contribution in [2.75, 3.05) is 32.4 Å². The number of fused-ring (bicyclic) bond motifs is 1. The maximum absolute atomic E-state index is 13.6. The van der Waals surface area contributed by atoms with E-state index in [2.05, 4.69) is 15.4 Å². The average Bonchev–Trinajstić information content (AvgIpc) is 3.21. The van der Waals surface area contributed by atoms with Gasteiger partial charge in [0, 0.05) is 17.7 Å². The van der Waals surface area contributed by atoms with Crippen LogP contribution < -0.4 is 25.3 Å². The monoisotopic (exact) mass is 463 g/mol. The van der Waals surface area contributed by atoms with Gasteiger partial charge in [0.1, 0.15) is 6.04 Å². The van der Waals surface area contributed by atoms with Gasteiger partial charge in [0.15, 0.2) is 28.8 Å². The second-order valence-corrected chi connectivity index (χ2v) is 8.23. The van der Waals surface area contributed by atoms with Crippen LogP contribution in [0.1, 0.15) is 35.9 Å². The van der Waals surface area contributed by atoms with Gasteiger partial charge in [-0.25, -0.2) is 4.68 Å². The molecule has 34 heavy (non-hydrogen) atoms. The number of rotatable bonds is 5. The third-order valence-electron chi connectivity index (χ3n) is 6.33. The Bertz CT molecular complexity index is 1320. The zero-order valence-corrected chi connectivity index (χ0v) is 19.0. The maximum Gasteiger partial charge on any atom is 0.241 e. The number of carbonyl (C=O) groups is 1. The smallest absolute Gasteiger partial charge is 0.241 e. The lowest BCUT2D eigenvalue weighted by molar-refractivity contribution is -0.116. The molecular weight excluding hydrogens is 438 g/mol. The molecule has 10 heteroatoms. The van der Waals surface area contributed by atoms with E-state index < -0.39 is 6.04 Å². The normalized spacial score (nSPS) is 19.2. The summed E-state index contributed by atoms with van der Waals surface area (Å²) in [5.74, 6) is 2.01. The Balaban J connectivity index is 1.58. The molecule has 0 saturated carbocycles. The number of nitrogens with two attached hydrogens (primary N) is 1. The van der Waals surface area contributed by atoms with Crippen LogP contribution in [0.5, 0.6) is 23.0 Å². The molecule has 2 heterocycles. The Kier molecular flexibility index (Phi) is 5.27. The van der Waals surface area contributed by atoms with E-state index >= 15 is 0 Å². The highest BCUT2D eigenvalue weighted by Crippen LogP contribution is 2.46. The van der Waals surface area contributed by atoms with Crippen molar-refractivity contribution in [3.05, 3.63) is 58.8 Å². The molecule has 1 aromatic heterocycles. The number of ether oxygens (including phenoxy) is 3. The minimum absolute atomic E-state index is 0.0198. The Morgan fingerprint density at radius 1 is 1.00 bits per heavy atom. The van der Waals surface area contributed by atoms with Crippen molar-refractivity contribution in [3.63, 3.8) is 0 Å². The van der Waals surface area contributed by atoms with Crippen LogP contribution in [0.15, 0.2) is 47.7 Å². The molecule has 10 nitrogen and oxygen atoms in total. The number of ketones is 1. The van der Waals surface area contributed by atoms with E-state index in [-0.39, 0.29) is 23.4 Å². The fourth-order valence-electron chi connectivity index (χ4n) is 4.76. The molecule has 0 unspecified atom stereocenters. The summed E-state index contributed by atoms with van der Waals surface area (Å²) in [6, 6.07) is 10.2. The topological polar surface area (TPSA) is 134 Å². The number of phenols is 1. The van der Waals surface area contributed by atoms with Crippen molar-refractivity contribution in [2.24, 2.45) is 0 Å². The average molecular weight is 463 g/mol. The molecule has 0 amide bonds. The number of nitrogens with zero attached hydrogens (tertiary/aromatic N) is 3. The van der Waals surface area contributed by atoms with Gasteiger partial charge >= 0.3 is 0 Å². The quantitative estimate of drug-likeness (QED) is 0.522. The number of hydrogen-bond donors (Lipinski definition) is 3. The lowest BCUT2D eigenvalue weighted by Gasteiger charge is -2.35. The number of phenolic OH excluding ortho intramolecular Hbond substituents is 1. The molecule has 176 valence electrons. The van der Waals surface area contributed by atoms with Gasteiger partial charge in [-0.2, -0.15) is 4.98 Å². The maximum atomic E-state index is 13.6. The van der Waals surface area contributed by atoms with Crippen LogP contribution in [0.2, 0.25) is 0 Å². The van der Waals surface area contributed by atoms with E-state index in [9.17, 15) is 9.90 Å². The number of nitrogen functional groups attached to an aromatic ring is 1. The highest BCUT2D eigenvalue weighted by molar-refractivity contribution is 6.00. The van der Waals surface area contributed by atoms with Crippen molar-refractivity contribution in [1.29, 1.82) is 0 Å². The van der Waals surface area contributed by atoms with E-state index in [1.54, 1.807) is 37.1 Å². The minimum atomic E-state index is -0.577. The predicted molar refractivity (Wildman–Crippen MR) is 124 cm³/mol. The van der Waals surface area contributed by atoms with Gasteiger partial charge in [0.05, 0.1) is 21.3 Å². The third-order valence-corrected chi connectivity index (χ3v) is 6.33. The molecule has 0 saturated heterocycles. The van der Waals surface area contributed by atoms with E-state index in [0.29, 0.717) is 47.2 Å². The molecule has 0 fully saturated rings. The molecule has 1 aliphatic heterocycles. The number of aromatic hydroxyl groups is 1. The van der Waals surface area contributed by atoms with Crippen molar-refractivity contribution in [1.82, 2.24) is 14.8 Å². The fraction of sp³-hybridized carbons (Fsp3) is 0.292. The molecule has 2 aromatic carbocycles. The van der Waals surface area contributed by atoms with E-state index in [1.807, 2.05) is 18.2 Å². The minimum Gasteiger partial charge on any atom is -0.504 e. The van der Waals surface area contributed by atoms with Gasteiger partial charge in [-0.3, -0.25) is 4.79 Å². The van der Waals surface area contributed by atoms with Gasteiger partial charge in [0.25, 0.3) is 0 Å². The predicted octanol–water partition coefficient (Wildman–Crippen LogP) is 3.01. The van der Waals surface area contributed by atoms with Crippen LogP contribution in [-0.2, 0) is 4.79 Å². The first-order chi connectivity index (χ1) is 16.4. The standard InChI is InChI=1S/C24H25N5O5/c1-32-18-6-5-13(9-16(18)30)22-21-15(26-24-27-23(25)28-29(22)24)8-14(10-17(21)31)12-4-7-19(33-2)20(11-12)34-3/h4-7,9,11,14,22,30H,8,10H2,1-3H3,(H3,25,26,27,28)/t14-,22+/m0/s1. The Morgan fingerprint density at radius 3 is 2.41 bits per heavy atom. The molecule has 0 radical (unpaired) electrons. The molecule has 5 rings (SSSR count). The van der Waals surface area contributed by atoms with Crippen LogP contribution in [0.25, 0.3) is 0 Å². The first-order valence-electron chi connectivity index (χ1n) is 10.8. The SMILES string of the molecule is COc1ccc([C@@H]2C3=C(C[C@H](c4ccc(OC)c(OC)c4)CC3=O)Nc3nc(N)nn32)cc1O. The number of nitrogens with one attached hydrogen (secondary N) is 1. The molecule has 2 atom stereocenters. The number of anilines is 2. The van der Waals surface area contributed by atoms with E-state index in [4.69, 9.17) is 19.9 Å². The summed E-state index contributed by atoms with van der Waals surface area (Å²) in [5, 5.41) is 18.0. The first-order valence-corrected chi connectivity index (χ1v) is 10.8. The number of benzene rings is 2. The van der Waals surface area contributed by atoms with Crippen LogP contribution in [0.4, 0.5) is 11.9 Å². The molecular formula is C24H25N5O5. The fourth-order valence-corrected chi connectivity index (χ4v) is 4.76. The molecule has 0 spiro atoms. The zero-order valence-electron chi connectivity index (χ0n) is 19.0. The second-order valence-electron chi connectivity index (χ2n) is 8.23. The molecule has 1 aliphatic carbocycles. The largest absolute Gasteiger partial charge is 0.504 e. The summed E-state index contributed by atoms with van der Waals surface area (Å²) in [7, 11) is 4.65. The Morgan fingerprint density at radius 2 is 1.71 bits per heavy atom. The van der Waals surface area contributed by atoms with Crippen LogP contribution >= 0.6 is 0 Å². The highest BCUT2D eigenvalue weighted by Gasteiger charge is 2.40. The van der Waals surface area contributed by atoms with Crippen molar-refractivity contribution in [2.45, 2.75) is 24.8 Å². The summed E-state index contributed by atoms with van der Waals surface area (Å²) < 4.78 is 17.6. The van der Waals surface area contributed by atoms with Gasteiger partial charge in [-0.05, 0) is 47.7 Å². The molecule has 3 aromatic rings. The van der Waals surface area contributed by atoms with Crippen molar-refractivity contribution in [3.8, 4) is 23.0 Å². The van der Waals surface area contributed by atoms with Crippen LogP contribution in [0.3, 0.4) is 0 Å². The van der Waals surface area contributed by atoms with E-state index in [1.165, 1.54) is 7.11 Å². The molecule has 2 aliphatic rings. The number of Topliss-reactive ketones (excluding diaryl/α,β-unsaturated/α-hetero) is 1. The number of aromatic nitrogens is 3. The van der Waals surface area contributed by atoms with Gasteiger partial charge in [0.2, 0.25) is 11.9 Å². The zero-order chi connectivity index (χ0) is 24.0. The van der Waals surface area contributed by atoms with Crippen LogP contribution in [0, 0.1) is 0 Å². The highest BCUT2D eigenvalue weighted by atomic mass is 16.5. The molecule has 4 N–H and O–H groups in total. The lowest BCUT2D eigenvalue weighted by atomic mass is 9.78. The second kappa shape index (κ2) is 8.29. The lowest BCUT2D eigenvalue weighted by Crippen LogP contribution is -2.33. The third kappa shape index (κ3) is 3.47. The number of carbonyl (C=O) groups excluding carboxylic acids is 1. The number of hydrogen-bond acceptors (Lipinski definition) is 9.